The molecule has 0 aromatic heterocycles. The maximum absolute atomic E-state index is 11.3. The van der Waals surface area contributed by atoms with Gasteiger partial charge < -0.3 is 14.2 Å². The van der Waals surface area contributed by atoms with Crippen LogP contribution in [0.1, 0.15) is 62.5 Å². The van der Waals surface area contributed by atoms with Crippen molar-refractivity contribution in [2.75, 3.05) is 13.2 Å². The van der Waals surface area contributed by atoms with Gasteiger partial charge in [0.05, 0.1) is 18.2 Å². The third kappa shape index (κ3) is 4.92. The Bertz CT molecular complexity index is 891. The lowest BCUT2D eigenvalue weighted by atomic mass is 9.94. The molecule has 1 aliphatic carbocycles. The van der Waals surface area contributed by atoms with Crippen molar-refractivity contribution in [2.45, 2.75) is 63.4 Å². The number of aldehydes is 1. The van der Waals surface area contributed by atoms with E-state index < -0.39 is 5.60 Å². The molecule has 1 heterocycles. The predicted octanol–water partition coefficient (Wildman–Crippen LogP) is 6.13. The summed E-state index contributed by atoms with van der Waals surface area (Å²) in [5.41, 5.74) is 1.70. The zero-order chi connectivity index (χ0) is 21.0. The molecule has 1 fully saturated rings. The van der Waals surface area contributed by atoms with Gasteiger partial charge in [-0.25, -0.2) is 0 Å². The molecule has 0 bridgehead atoms. The molecule has 1 atom stereocenters. The van der Waals surface area contributed by atoms with Crippen LogP contribution in [0, 0.1) is 0 Å². The van der Waals surface area contributed by atoms with Crippen LogP contribution in [-0.4, -0.2) is 25.1 Å². The number of rotatable bonds is 8. The molecule has 30 heavy (non-hydrogen) atoms. The zero-order valence-electron chi connectivity index (χ0n) is 17.5. The van der Waals surface area contributed by atoms with E-state index in [9.17, 15) is 4.79 Å². The van der Waals surface area contributed by atoms with Gasteiger partial charge in [-0.3, -0.25) is 4.79 Å². The van der Waals surface area contributed by atoms with Crippen LogP contribution >= 0.6 is 11.6 Å². The quantitative estimate of drug-likeness (QED) is 0.375. The van der Waals surface area contributed by atoms with Crippen LogP contribution in [0.2, 0.25) is 5.02 Å². The first-order chi connectivity index (χ1) is 14.6. The summed E-state index contributed by atoms with van der Waals surface area (Å²) in [6, 6.07) is 12.0. The second kappa shape index (κ2) is 9.30. The fraction of sp³-hybridized carbons (Fsp3) is 0.480. The van der Waals surface area contributed by atoms with E-state index in [0.717, 1.165) is 41.9 Å². The molecular weight excluding hydrogens is 400 g/mol. The van der Waals surface area contributed by atoms with Crippen molar-refractivity contribution >= 4 is 17.9 Å². The average molecular weight is 429 g/mol. The number of carbonyl (C=O) groups excluding carboxylic acids is 1. The molecule has 1 aliphatic heterocycles. The van der Waals surface area contributed by atoms with Gasteiger partial charge in [-0.1, -0.05) is 36.6 Å². The van der Waals surface area contributed by atoms with Gasteiger partial charge in [0.2, 0.25) is 0 Å². The van der Waals surface area contributed by atoms with Crippen molar-refractivity contribution in [1.82, 2.24) is 0 Å². The fourth-order valence-corrected chi connectivity index (χ4v) is 4.52. The van der Waals surface area contributed by atoms with Gasteiger partial charge >= 0.3 is 0 Å². The standard InChI is InChI=1S/C25H29ClO4/c1-25(17-27)12-11-19-7-9-21(16-24(19)30-25)28-13-4-14-29-23-10-8-20(15-22(23)26)18-5-2-3-6-18/h7-10,15-18H,2-6,11-14H2,1H3/t25-/m1/s1. The Morgan fingerprint density at radius 2 is 1.93 bits per heavy atom. The van der Waals surface area contributed by atoms with Crippen molar-refractivity contribution in [3.63, 3.8) is 0 Å². The number of ether oxygens (including phenoxy) is 3. The van der Waals surface area contributed by atoms with Gasteiger partial charge in [-0.05, 0) is 67.9 Å². The molecule has 0 radical (unpaired) electrons. The molecule has 0 saturated heterocycles. The second-order valence-electron chi connectivity index (χ2n) is 8.52. The van der Waals surface area contributed by atoms with E-state index in [1.54, 1.807) is 0 Å². The first kappa shape index (κ1) is 21.0. The van der Waals surface area contributed by atoms with E-state index in [1.165, 1.54) is 31.2 Å². The molecule has 5 heteroatoms. The summed E-state index contributed by atoms with van der Waals surface area (Å²) in [6.07, 6.45) is 8.30. The Labute approximate surface area is 183 Å². The molecule has 160 valence electrons. The molecule has 1 saturated carbocycles. The van der Waals surface area contributed by atoms with E-state index in [0.29, 0.717) is 30.6 Å². The molecule has 0 unspecified atom stereocenters. The van der Waals surface area contributed by atoms with E-state index >= 15 is 0 Å². The van der Waals surface area contributed by atoms with E-state index in [2.05, 4.69) is 12.1 Å². The van der Waals surface area contributed by atoms with E-state index in [4.69, 9.17) is 25.8 Å². The minimum absolute atomic E-state index is 0.529. The van der Waals surface area contributed by atoms with Crippen LogP contribution in [0.15, 0.2) is 36.4 Å². The molecule has 0 N–H and O–H groups in total. The van der Waals surface area contributed by atoms with Gasteiger partial charge in [0.15, 0.2) is 11.9 Å². The third-order valence-electron chi connectivity index (χ3n) is 6.12. The first-order valence-electron chi connectivity index (χ1n) is 10.9. The van der Waals surface area contributed by atoms with Crippen LogP contribution in [0.5, 0.6) is 17.2 Å². The maximum Gasteiger partial charge on any atom is 0.163 e. The molecule has 2 aromatic carbocycles. The molecule has 2 aliphatic rings. The molecular formula is C25H29ClO4. The molecule has 2 aromatic rings. The smallest absolute Gasteiger partial charge is 0.163 e. The summed E-state index contributed by atoms with van der Waals surface area (Å²) < 4.78 is 17.6. The number of benzene rings is 2. The van der Waals surface area contributed by atoms with Gasteiger partial charge in [-0.2, -0.15) is 0 Å². The molecule has 0 amide bonds. The summed E-state index contributed by atoms with van der Waals surface area (Å²) in [6.45, 7) is 2.88. The van der Waals surface area contributed by atoms with Gasteiger partial charge in [0.25, 0.3) is 0 Å². The van der Waals surface area contributed by atoms with Crippen LogP contribution in [0.3, 0.4) is 0 Å². The number of aryl methyl sites for hydroxylation is 1. The Kier molecular flexibility index (Phi) is 6.52. The van der Waals surface area contributed by atoms with E-state index in [-0.39, 0.29) is 0 Å². The number of carbonyl (C=O) groups is 1. The Morgan fingerprint density at radius 3 is 2.70 bits per heavy atom. The monoisotopic (exact) mass is 428 g/mol. The Hall–Kier alpha value is -2.20. The average Bonchev–Trinajstić information content (AvgIpc) is 3.29. The molecule has 0 spiro atoms. The minimum Gasteiger partial charge on any atom is -0.493 e. The van der Waals surface area contributed by atoms with Crippen molar-refractivity contribution in [3.05, 3.63) is 52.5 Å². The van der Waals surface area contributed by atoms with Crippen LogP contribution in [-0.2, 0) is 11.2 Å². The maximum atomic E-state index is 11.3. The van der Waals surface area contributed by atoms with Gasteiger partial charge in [-0.15, -0.1) is 0 Å². The summed E-state index contributed by atoms with van der Waals surface area (Å²) in [5, 5.41) is 0.686. The van der Waals surface area contributed by atoms with Crippen molar-refractivity contribution in [2.24, 2.45) is 0 Å². The molecule has 4 nitrogen and oxygen atoms in total. The fourth-order valence-electron chi connectivity index (χ4n) is 4.27. The van der Waals surface area contributed by atoms with Crippen molar-refractivity contribution in [3.8, 4) is 17.2 Å². The minimum atomic E-state index is -0.744. The van der Waals surface area contributed by atoms with Crippen molar-refractivity contribution < 1.29 is 19.0 Å². The van der Waals surface area contributed by atoms with Gasteiger partial charge in [0, 0.05) is 12.5 Å². The SMILES string of the molecule is C[C@]1(C=O)CCc2ccc(OCCCOc3ccc(C4CCCC4)cc3Cl)cc2O1. The third-order valence-corrected chi connectivity index (χ3v) is 6.41. The van der Waals surface area contributed by atoms with Crippen LogP contribution in [0.4, 0.5) is 0 Å². The van der Waals surface area contributed by atoms with E-state index in [1.807, 2.05) is 31.2 Å². The highest BCUT2D eigenvalue weighted by Crippen LogP contribution is 2.37. The lowest BCUT2D eigenvalue weighted by Crippen LogP contribution is -2.37. The largest absolute Gasteiger partial charge is 0.493 e. The Balaban J connectivity index is 1.24. The zero-order valence-corrected chi connectivity index (χ0v) is 18.2. The van der Waals surface area contributed by atoms with Crippen LogP contribution in [0.25, 0.3) is 0 Å². The van der Waals surface area contributed by atoms with Crippen LogP contribution < -0.4 is 14.2 Å². The normalized spacial score (nSPS) is 21.0. The predicted molar refractivity (Wildman–Crippen MR) is 118 cm³/mol. The summed E-state index contributed by atoms with van der Waals surface area (Å²) in [7, 11) is 0. The number of fused-ring (bicyclic) bond motifs is 1. The summed E-state index contributed by atoms with van der Waals surface area (Å²) in [5.74, 6) is 2.85. The number of hydrogen-bond acceptors (Lipinski definition) is 4. The number of halogens is 1. The summed E-state index contributed by atoms with van der Waals surface area (Å²) >= 11 is 6.42. The lowest BCUT2D eigenvalue weighted by molar-refractivity contribution is -0.121. The highest BCUT2D eigenvalue weighted by atomic mass is 35.5. The number of hydrogen-bond donors (Lipinski definition) is 0. The topological polar surface area (TPSA) is 44.8 Å². The molecule has 4 rings (SSSR count). The first-order valence-corrected chi connectivity index (χ1v) is 11.3. The van der Waals surface area contributed by atoms with Gasteiger partial charge in [0.1, 0.15) is 17.2 Å². The lowest BCUT2D eigenvalue weighted by Gasteiger charge is -2.31. The highest BCUT2D eigenvalue weighted by molar-refractivity contribution is 6.32. The van der Waals surface area contributed by atoms with Crippen molar-refractivity contribution in [1.29, 1.82) is 0 Å². The summed E-state index contributed by atoms with van der Waals surface area (Å²) in [4.78, 5) is 11.3. The Morgan fingerprint density at radius 1 is 1.13 bits per heavy atom. The second-order valence-corrected chi connectivity index (χ2v) is 8.93. The highest BCUT2D eigenvalue weighted by Gasteiger charge is 2.31.